The maximum Gasteiger partial charge on any atom is 0.425 e. The number of carbonyl (C=O) groups excluding carboxylic acids is 1. The first-order valence-corrected chi connectivity index (χ1v) is 14.6. The zero-order chi connectivity index (χ0) is 31.1. The molecule has 3 heterocycles. The van der Waals surface area contributed by atoms with E-state index in [9.17, 15) is 22.8 Å². The predicted octanol–water partition coefficient (Wildman–Crippen LogP) is 6.87. The van der Waals surface area contributed by atoms with Gasteiger partial charge in [0, 0.05) is 30.7 Å². The predicted molar refractivity (Wildman–Crippen MR) is 166 cm³/mol. The number of amides is 1. The van der Waals surface area contributed by atoms with Crippen LogP contribution in [0.5, 0.6) is 0 Å². The van der Waals surface area contributed by atoms with Crippen molar-refractivity contribution in [2.45, 2.75) is 18.3 Å². The number of thiophene rings is 1. The number of halogens is 3. The summed E-state index contributed by atoms with van der Waals surface area (Å²) in [5, 5.41) is 0. The van der Waals surface area contributed by atoms with Gasteiger partial charge in [0.1, 0.15) is 17.0 Å². The Balaban J connectivity index is 1.73. The van der Waals surface area contributed by atoms with Crippen LogP contribution in [0, 0.1) is 0 Å². The highest BCUT2D eigenvalue weighted by atomic mass is 32.1. The Bertz CT molecular complexity index is 1900. The largest absolute Gasteiger partial charge is 0.425 e. The van der Waals surface area contributed by atoms with Crippen LogP contribution >= 0.6 is 11.3 Å². The minimum absolute atomic E-state index is 0.285. The minimum Gasteiger partial charge on any atom is -0.347 e. The van der Waals surface area contributed by atoms with E-state index < -0.39 is 22.3 Å². The Morgan fingerprint density at radius 3 is 1.80 bits per heavy atom. The van der Waals surface area contributed by atoms with Crippen LogP contribution in [0.25, 0.3) is 21.6 Å². The van der Waals surface area contributed by atoms with E-state index in [1.54, 1.807) is 24.7 Å². The summed E-state index contributed by atoms with van der Waals surface area (Å²) in [7, 11) is 3.20. The van der Waals surface area contributed by atoms with Crippen LogP contribution in [0.15, 0.2) is 120 Å². The van der Waals surface area contributed by atoms with Crippen molar-refractivity contribution in [2.24, 2.45) is 0 Å². The lowest BCUT2D eigenvalue weighted by molar-refractivity contribution is -0.134. The Morgan fingerprint density at radius 1 is 0.818 bits per heavy atom. The lowest BCUT2D eigenvalue weighted by Gasteiger charge is -2.37. The van der Waals surface area contributed by atoms with Crippen LogP contribution < -0.4 is 5.69 Å². The molecule has 0 N–H and O–H groups in total. The van der Waals surface area contributed by atoms with Gasteiger partial charge in [-0.05, 0) is 34.9 Å². The number of hydrogen-bond acceptors (Lipinski definition) is 4. The molecule has 0 saturated carbocycles. The number of imidazole rings is 1. The molecule has 10 heteroatoms. The maximum absolute atomic E-state index is 14.8. The summed E-state index contributed by atoms with van der Waals surface area (Å²) in [4.78, 5) is 33.6. The quantitative estimate of drug-likeness (QED) is 0.185. The number of nitrogens with zero attached hydrogens (tertiary/aromatic N) is 4. The van der Waals surface area contributed by atoms with Gasteiger partial charge in [0.15, 0.2) is 5.65 Å². The van der Waals surface area contributed by atoms with E-state index in [1.807, 2.05) is 91.0 Å². The van der Waals surface area contributed by atoms with Crippen LogP contribution in [0.4, 0.5) is 13.2 Å². The van der Waals surface area contributed by atoms with Crippen LogP contribution in [-0.4, -0.2) is 39.0 Å². The van der Waals surface area contributed by atoms with Crippen LogP contribution in [0.3, 0.4) is 0 Å². The number of rotatable bonds is 7. The Kier molecular flexibility index (Phi) is 7.46. The van der Waals surface area contributed by atoms with Crippen molar-refractivity contribution in [3.8, 4) is 10.4 Å². The smallest absolute Gasteiger partial charge is 0.347 e. The van der Waals surface area contributed by atoms with E-state index in [1.165, 1.54) is 21.7 Å². The molecular weight excluding hydrogens is 585 g/mol. The van der Waals surface area contributed by atoms with Crippen molar-refractivity contribution in [1.29, 1.82) is 0 Å². The average molecular weight is 613 g/mol. The molecule has 6 aromatic rings. The molecule has 3 aromatic heterocycles. The maximum atomic E-state index is 14.8. The van der Waals surface area contributed by atoms with E-state index in [-0.39, 0.29) is 18.1 Å². The summed E-state index contributed by atoms with van der Waals surface area (Å²) in [6, 6.07) is 32.8. The van der Waals surface area contributed by atoms with Crippen molar-refractivity contribution < 1.29 is 18.0 Å². The van der Waals surface area contributed by atoms with Gasteiger partial charge < -0.3 is 4.90 Å². The van der Waals surface area contributed by atoms with Gasteiger partial charge in [-0.1, -0.05) is 91.0 Å². The SMILES string of the molecule is CN(C)C(=O)Cn1c(=O)n(C(c2ccccc2)(c2ccccc2)c2ccccc2)c2ncc(-c3ccc(C(F)(F)F)s3)cc21. The first kappa shape index (κ1) is 29.1. The fourth-order valence-electron chi connectivity index (χ4n) is 5.57. The molecule has 0 radical (unpaired) electrons. The van der Waals surface area contributed by atoms with Gasteiger partial charge in [0.05, 0.1) is 5.52 Å². The highest BCUT2D eigenvalue weighted by Gasteiger charge is 2.42. The van der Waals surface area contributed by atoms with Crippen LogP contribution in [0.1, 0.15) is 21.6 Å². The van der Waals surface area contributed by atoms with E-state index >= 15 is 0 Å². The Morgan fingerprint density at radius 2 is 1.34 bits per heavy atom. The number of carbonyl (C=O) groups is 1. The lowest BCUT2D eigenvalue weighted by Crippen LogP contribution is -2.45. The molecule has 0 spiro atoms. The first-order valence-electron chi connectivity index (χ1n) is 13.8. The standard InChI is InChI=1S/C34H27F3N4O2S/c1-39(2)30(42)22-40-27-20-23(28-18-19-29(44-28)34(35,36)37)21-38-31(27)41(32(40)43)33(24-12-6-3-7-13-24,25-14-8-4-9-15-25)26-16-10-5-11-17-26/h3-21H,22H2,1-2H3. The zero-order valence-corrected chi connectivity index (χ0v) is 24.6. The first-order chi connectivity index (χ1) is 21.1. The summed E-state index contributed by atoms with van der Waals surface area (Å²) >= 11 is 0.599. The molecule has 0 unspecified atom stereocenters. The van der Waals surface area contributed by atoms with Crippen LogP contribution in [0.2, 0.25) is 0 Å². The molecule has 0 bridgehead atoms. The van der Waals surface area contributed by atoms with Crippen molar-refractivity contribution in [3.05, 3.63) is 147 Å². The van der Waals surface area contributed by atoms with E-state index in [0.717, 1.165) is 22.8 Å². The minimum atomic E-state index is -4.48. The third-order valence-electron chi connectivity index (χ3n) is 7.64. The molecule has 0 saturated heterocycles. The second-order valence-electron chi connectivity index (χ2n) is 10.5. The normalized spacial score (nSPS) is 12.0. The molecular formula is C34H27F3N4O2S. The van der Waals surface area contributed by atoms with Crippen LogP contribution in [-0.2, 0) is 23.1 Å². The fourth-order valence-corrected chi connectivity index (χ4v) is 6.42. The van der Waals surface area contributed by atoms with Crippen molar-refractivity contribution in [2.75, 3.05) is 14.1 Å². The molecule has 0 fully saturated rings. The van der Waals surface area contributed by atoms with Gasteiger partial charge in [-0.15, -0.1) is 11.3 Å². The number of aromatic nitrogens is 3. The molecule has 3 aromatic carbocycles. The zero-order valence-electron chi connectivity index (χ0n) is 23.8. The van der Waals surface area contributed by atoms with Gasteiger partial charge in [-0.3, -0.25) is 13.9 Å². The average Bonchev–Trinajstić information content (AvgIpc) is 3.64. The lowest BCUT2D eigenvalue weighted by atomic mass is 9.76. The highest BCUT2D eigenvalue weighted by molar-refractivity contribution is 7.15. The molecule has 0 aliphatic heterocycles. The Hall–Kier alpha value is -4.96. The third-order valence-corrected chi connectivity index (χ3v) is 8.82. The van der Waals surface area contributed by atoms with Gasteiger partial charge in [0.25, 0.3) is 0 Å². The fraction of sp³-hybridized carbons (Fsp3) is 0.147. The summed E-state index contributed by atoms with van der Waals surface area (Å²) in [5.74, 6) is -0.322. The highest BCUT2D eigenvalue weighted by Crippen LogP contribution is 2.43. The molecule has 0 atom stereocenters. The van der Waals surface area contributed by atoms with Gasteiger partial charge in [-0.25, -0.2) is 9.78 Å². The van der Waals surface area contributed by atoms with Crippen molar-refractivity contribution >= 4 is 28.4 Å². The Labute approximate surface area is 255 Å². The molecule has 1 amide bonds. The summed E-state index contributed by atoms with van der Waals surface area (Å²) < 4.78 is 43.2. The molecule has 44 heavy (non-hydrogen) atoms. The third kappa shape index (κ3) is 4.90. The number of alkyl halides is 3. The number of benzene rings is 3. The second-order valence-corrected chi connectivity index (χ2v) is 11.6. The summed E-state index contributed by atoms with van der Waals surface area (Å²) in [6.07, 6.45) is -3.00. The molecule has 6 rings (SSSR count). The number of pyridine rings is 1. The monoisotopic (exact) mass is 612 g/mol. The van der Waals surface area contributed by atoms with E-state index in [4.69, 9.17) is 4.98 Å². The topological polar surface area (TPSA) is 60.1 Å². The molecule has 222 valence electrons. The van der Waals surface area contributed by atoms with Gasteiger partial charge in [0.2, 0.25) is 5.91 Å². The molecule has 6 nitrogen and oxygen atoms in total. The van der Waals surface area contributed by atoms with Gasteiger partial charge >= 0.3 is 11.9 Å². The second kappa shape index (κ2) is 11.3. The number of hydrogen-bond donors (Lipinski definition) is 0. The van der Waals surface area contributed by atoms with Gasteiger partial charge in [-0.2, -0.15) is 13.2 Å². The summed E-state index contributed by atoms with van der Waals surface area (Å²) in [6.45, 7) is -0.285. The van der Waals surface area contributed by atoms with Crippen molar-refractivity contribution in [3.63, 3.8) is 0 Å². The summed E-state index contributed by atoms with van der Waals surface area (Å²) in [5.41, 5.74) is 1.69. The number of likely N-dealkylation sites (N-methyl/N-ethyl adjacent to an activating group) is 1. The molecule has 0 aliphatic rings. The van der Waals surface area contributed by atoms with E-state index in [2.05, 4.69) is 0 Å². The van der Waals surface area contributed by atoms with Crippen molar-refractivity contribution in [1.82, 2.24) is 19.0 Å². The molecule has 0 aliphatic carbocycles. The van der Waals surface area contributed by atoms with E-state index in [0.29, 0.717) is 27.3 Å². The number of fused-ring (bicyclic) bond motifs is 1.